The molecule has 0 aliphatic carbocycles. The van der Waals surface area contributed by atoms with Gasteiger partial charge in [0, 0.05) is 25.6 Å². The Hall–Kier alpha value is -0.580. The lowest BCUT2D eigenvalue weighted by Gasteiger charge is -2.28. The first-order valence-electron chi connectivity index (χ1n) is 6.72. The van der Waals surface area contributed by atoms with Crippen molar-refractivity contribution in [2.75, 3.05) is 6.61 Å². The minimum Gasteiger partial charge on any atom is -0.377 e. The molecule has 102 valence electrons. The zero-order valence-electron chi connectivity index (χ0n) is 11.2. The number of hydrogen-bond acceptors (Lipinski definition) is 3. The van der Waals surface area contributed by atoms with Gasteiger partial charge in [-0.25, -0.2) is 0 Å². The Bertz CT molecular complexity index is 399. The monoisotopic (exact) mass is 271 g/mol. The summed E-state index contributed by atoms with van der Waals surface area (Å²) in [5.74, 6) is 0. The highest BCUT2D eigenvalue weighted by Crippen LogP contribution is 2.24. The summed E-state index contributed by atoms with van der Waals surface area (Å²) in [7, 11) is 0. The van der Waals surface area contributed by atoms with Crippen LogP contribution in [0.1, 0.15) is 37.6 Å². The van der Waals surface area contributed by atoms with Gasteiger partial charge in [-0.15, -0.1) is 0 Å². The highest BCUT2D eigenvalue weighted by molar-refractivity contribution is 6.31. The Morgan fingerprint density at radius 1 is 1.56 bits per heavy atom. The molecule has 0 spiro atoms. The van der Waals surface area contributed by atoms with Gasteiger partial charge in [0.15, 0.2) is 0 Å². The SMILES string of the molecule is CCn1nc(C)c(Cl)c1CC(N)C1CCCCO1. The van der Waals surface area contributed by atoms with Gasteiger partial charge in [-0.3, -0.25) is 4.68 Å². The van der Waals surface area contributed by atoms with E-state index in [0.717, 1.165) is 48.8 Å². The molecule has 0 amide bonds. The van der Waals surface area contributed by atoms with Crippen LogP contribution in [0.3, 0.4) is 0 Å². The third kappa shape index (κ3) is 2.87. The van der Waals surface area contributed by atoms with E-state index in [1.165, 1.54) is 6.42 Å². The highest BCUT2D eigenvalue weighted by Gasteiger charge is 2.24. The van der Waals surface area contributed by atoms with E-state index in [1.54, 1.807) is 0 Å². The first-order chi connectivity index (χ1) is 8.63. The van der Waals surface area contributed by atoms with Crippen LogP contribution in [0, 0.1) is 6.92 Å². The first-order valence-corrected chi connectivity index (χ1v) is 7.10. The molecule has 2 rings (SSSR count). The normalized spacial score (nSPS) is 22.1. The van der Waals surface area contributed by atoms with Crippen molar-refractivity contribution in [1.82, 2.24) is 9.78 Å². The second kappa shape index (κ2) is 6.04. The highest BCUT2D eigenvalue weighted by atomic mass is 35.5. The molecule has 0 saturated carbocycles. The predicted octanol–water partition coefficient (Wildman–Crippen LogP) is 2.30. The molecule has 1 aliphatic heterocycles. The average Bonchev–Trinajstić information content (AvgIpc) is 2.67. The molecule has 0 radical (unpaired) electrons. The molecule has 1 saturated heterocycles. The van der Waals surface area contributed by atoms with Crippen molar-refractivity contribution in [3.63, 3.8) is 0 Å². The van der Waals surface area contributed by atoms with Crippen molar-refractivity contribution in [1.29, 1.82) is 0 Å². The quantitative estimate of drug-likeness (QED) is 0.914. The fraction of sp³-hybridized carbons (Fsp3) is 0.769. The number of aryl methyl sites for hydroxylation is 2. The summed E-state index contributed by atoms with van der Waals surface area (Å²) < 4.78 is 7.68. The Balaban J connectivity index is 2.08. The van der Waals surface area contributed by atoms with Gasteiger partial charge >= 0.3 is 0 Å². The lowest BCUT2D eigenvalue weighted by atomic mass is 9.99. The number of nitrogens with zero attached hydrogens (tertiary/aromatic N) is 2. The molecule has 18 heavy (non-hydrogen) atoms. The predicted molar refractivity (Wildman–Crippen MR) is 72.9 cm³/mol. The van der Waals surface area contributed by atoms with Crippen LogP contribution in [0.25, 0.3) is 0 Å². The zero-order chi connectivity index (χ0) is 13.1. The van der Waals surface area contributed by atoms with Crippen LogP contribution in [0.5, 0.6) is 0 Å². The second-order valence-electron chi connectivity index (χ2n) is 4.93. The van der Waals surface area contributed by atoms with Gasteiger partial charge in [-0.1, -0.05) is 11.6 Å². The van der Waals surface area contributed by atoms with E-state index in [9.17, 15) is 0 Å². The van der Waals surface area contributed by atoms with Gasteiger partial charge in [-0.05, 0) is 33.1 Å². The molecular formula is C13H22ClN3O. The van der Waals surface area contributed by atoms with Crippen molar-refractivity contribution in [2.45, 2.75) is 58.2 Å². The van der Waals surface area contributed by atoms with Gasteiger partial charge in [0.1, 0.15) is 0 Å². The number of aromatic nitrogens is 2. The van der Waals surface area contributed by atoms with Gasteiger partial charge in [0.25, 0.3) is 0 Å². The molecule has 5 heteroatoms. The molecule has 1 fully saturated rings. The van der Waals surface area contributed by atoms with Gasteiger partial charge in [-0.2, -0.15) is 5.10 Å². The van der Waals surface area contributed by atoms with Crippen LogP contribution >= 0.6 is 11.6 Å². The Morgan fingerprint density at radius 2 is 2.33 bits per heavy atom. The smallest absolute Gasteiger partial charge is 0.0847 e. The molecule has 4 nitrogen and oxygen atoms in total. The fourth-order valence-electron chi connectivity index (χ4n) is 2.52. The van der Waals surface area contributed by atoms with E-state index in [4.69, 9.17) is 22.1 Å². The molecule has 2 unspecified atom stereocenters. The maximum atomic E-state index is 6.30. The summed E-state index contributed by atoms with van der Waals surface area (Å²) in [5, 5.41) is 5.17. The van der Waals surface area contributed by atoms with Gasteiger partial charge < -0.3 is 10.5 Å². The number of nitrogens with two attached hydrogens (primary N) is 1. The summed E-state index contributed by atoms with van der Waals surface area (Å²) in [6.07, 6.45) is 4.31. The molecule has 1 aromatic rings. The van der Waals surface area contributed by atoms with Gasteiger partial charge in [0.05, 0.1) is 22.5 Å². The number of ether oxygens (including phenoxy) is 1. The molecule has 2 N–H and O–H groups in total. The maximum absolute atomic E-state index is 6.30. The fourth-order valence-corrected chi connectivity index (χ4v) is 2.73. The van der Waals surface area contributed by atoms with Crippen LogP contribution in [0.4, 0.5) is 0 Å². The molecule has 0 bridgehead atoms. The molecule has 1 aromatic heterocycles. The lowest BCUT2D eigenvalue weighted by molar-refractivity contribution is 0.000306. The first kappa shape index (κ1) is 13.8. The minimum atomic E-state index is 0.00389. The minimum absolute atomic E-state index is 0.00389. The van der Waals surface area contributed by atoms with E-state index in [-0.39, 0.29) is 12.1 Å². The number of rotatable bonds is 4. The van der Waals surface area contributed by atoms with Crippen LogP contribution in [0.2, 0.25) is 5.02 Å². The van der Waals surface area contributed by atoms with Crippen LogP contribution in [-0.2, 0) is 17.7 Å². The molecule has 0 aromatic carbocycles. The van der Waals surface area contributed by atoms with E-state index in [2.05, 4.69) is 12.0 Å². The van der Waals surface area contributed by atoms with Crippen molar-refractivity contribution in [2.24, 2.45) is 5.73 Å². The van der Waals surface area contributed by atoms with E-state index < -0.39 is 0 Å². The van der Waals surface area contributed by atoms with Crippen LogP contribution in [0.15, 0.2) is 0 Å². The van der Waals surface area contributed by atoms with Crippen molar-refractivity contribution in [3.8, 4) is 0 Å². The Kier molecular flexibility index (Phi) is 4.65. The van der Waals surface area contributed by atoms with Crippen molar-refractivity contribution in [3.05, 3.63) is 16.4 Å². The topological polar surface area (TPSA) is 53.1 Å². The van der Waals surface area contributed by atoms with E-state index >= 15 is 0 Å². The summed E-state index contributed by atoms with van der Waals surface area (Å²) in [5.41, 5.74) is 8.18. The van der Waals surface area contributed by atoms with Crippen molar-refractivity contribution >= 4 is 11.6 Å². The molecule has 1 aliphatic rings. The molecular weight excluding hydrogens is 250 g/mol. The van der Waals surface area contributed by atoms with Crippen LogP contribution < -0.4 is 5.73 Å². The largest absolute Gasteiger partial charge is 0.377 e. The number of hydrogen-bond donors (Lipinski definition) is 1. The summed E-state index contributed by atoms with van der Waals surface area (Å²) in [6.45, 7) is 5.65. The average molecular weight is 272 g/mol. The van der Waals surface area contributed by atoms with Crippen molar-refractivity contribution < 1.29 is 4.74 Å². The summed E-state index contributed by atoms with van der Waals surface area (Å²) in [4.78, 5) is 0. The number of halogens is 1. The molecule has 2 heterocycles. The third-order valence-corrected chi connectivity index (χ3v) is 4.07. The van der Waals surface area contributed by atoms with Gasteiger partial charge in [0.2, 0.25) is 0 Å². The maximum Gasteiger partial charge on any atom is 0.0847 e. The lowest BCUT2D eigenvalue weighted by Crippen LogP contribution is -2.41. The summed E-state index contributed by atoms with van der Waals surface area (Å²) >= 11 is 6.30. The zero-order valence-corrected chi connectivity index (χ0v) is 11.9. The van der Waals surface area contributed by atoms with Crippen LogP contribution in [-0.4, -0.2) is 28.5 Å². The third-order valence-electron chi connectivity index (χ3n) is 3.57. The Labute approximate surface area is 113 Å². The standard InChI is InChI=1S/C13H22ClN3O/c1-3-17-11(13(14)9(2)16-17)8-10(15)12-6-4-5-7-18-12/h10,12H,3-8,15H2,1-2H3. The molecule has 2 atom stereocenters. The Morgan fingerprint density at radius 3 is 2.94 bits per heavy atom. The van der Waals surface area contributed by atoms with E-state index in [0.29, 0.717) is 0 Å². The summed E-state index contributed by atoms with van der Waals surface area (Å²) in [6, 6.07) is 0.00389. The van der Waals surface area contributed by atoms with E-state index in [1.807, 2.05) is 11.6 Å². The second-order valence-corrected chi connectivity index (χ2v) is 5.31.